The summed E-state index contributed by atoms with van der Waals surface area (Å²) < 4.78 is 12.8. The van der Waals surface area contributed by atoms with Gasteiger partial charge in [0.25, 0.3) is 5.91 Å². The fourth-order valence-electron chi connectivity index (χ4n) is 3.57. The molecule has 0 saturated carbocycles. The first-order chi connectivity index (χ1) is 16.5. The van der Waals surface area contributed by atoms with Crippen LogP contribution in [0.3, 0.4) is 0 Å². The van der Waals surface area contributed by atoms with Gasteiger partial charge in [-0.1, -0.05) is 48.5 Å². The number of aromatic nitrogens is 1. The molecule has 1 amide bonds. The van der Waals surface area contributed by atoms with Crippen LogP contribution in [0.5, 0.6) is 11.5 Å². The van der Waals surface area contributed by atoms with Crippen molar-refractivity contribution >= 4 is 28.7 Å². The zero-order valence-corrected chi connectivity index (χ0v) is 18.6. The Morgan fingerprint density at radius 2 is 1.85 bits per heavy atom. The third-order valence-electron chi connectivity index (χ3n) is 5.26. The number of aryl methyl sites for hydroxylation is 1. The van der Waals surface area contributed by atoms with E-state index in [9.17, 15) is 14.9 Å². The van der Waals surface area contributed by atoms with Crippen molar-refractivity contribution in [2.75, 3.05) is 7.11 Å². The summed E-state index contributed by atoms with van der Waals surface area (Å²) >= 11 is 0. The van der Waals surface area contributed by atoms with Crippen LogP contribution in [0.4, 0.5) is 5.69 Å². The van der Waals surface area contributed by atoms with Crippen LogP contribution in [0.1, 0.15) is 21.6 Å². The molecule has 4 aromatic rings. The van der Waals surface area contributed by atoms with E-state index in [0.29, 0.717) is 11.3 Å². The SMILES string of the molecule is COc1cc(/C=N/NC(=O)c2cc3ccccc3n2C)cc([N+](=O)[O-])c1OCc1ccccc1. The summed E-state index contributed by atoms with van der Waals surface area (Å²) in [5, 5.41) is 16.6. The minimum atomic E-state index is -0.547. The number of nitrogens with zero attached hydrogens (tertiary/aromatic N) is 3. The Morgan fingerprint density at radius 3 is 2.56 bits per heavy atom. The van der Waals surface area contributed by atoms with Gasteiger partial charge in [0.15, 0.2) is 5.75 Å². The fourth-order valence-corrected chi connectivity index (χ4v) is 3.57. The predicted octanol–water partition coefficient (Wildman–Crippen LogP) is 4.44. The molecule has 0 aliphatic rings. The highest BCUT2D eigenvalue weighted by atomic mass is 16.6. The lowest BCUT2D eigenvalue weighted by Gasteiger charge is -2.12. The number of carbonyl (C=O) groups is 1. The van der Waals surface area contributed by atoms with Crippen molar-refractivity contribution in [3.05, 3.63) is 99.7 Å². The van der Waals surface area contributed by atoms with Crippen LogP contribution in [0.15, 0.2) is 77.9 Å². The van der Waals surface area contributed by atoms with E-state index in [2.05, 4.69) is 10.5 Å². The first-order valence-corrected chi connectivity index (χ1v) is 10.4. The third kappa shape index (κ3) is 4.73. The van der Waals surface area contributed by atoms with Gasteiger partial charge in [0.05, 0.1) is 18.2 Å². The van der Waals surface area contributed by atoms with E-state index in [1.165, 1.54) is 19.4 Å². The van der Waals surface area contributed by atoms with Crippen molar-refractivity contribution in [2.24, 2.45) is 12.1 Å². The van der Waals surface area contributed by atoms with Crippen molar-refractivity contribution in [3.63, 3.8) is 0 Å². The number of hydrazone groups is 1. The van der Waals surface area contributed by atoms with E-state index in [1.807, 2.05) is 54.6 Å². The van der Waals surface area contributed by atoms with Gasteiger partial charge < -0.3 is 14.0 Å². The van der Waals surface area contributed by atoms with E-state index in [0.717, 1.165) is 16.5 Å². The van der Waals surface area contributed by atoms with Crippen LogP contribution in [0.2, 0.25) is 0 Å². The largest absolute Gasteiger partial charge is 0.493 e. The van der Waals surface area contributed by atoms with Crippen LogP contribution in [-0.4, -0.2) is 28.7 Å². The Morgan fingerprint density at radius 1 is 1.12 bits per heavy atom. The summed E-state index contributed by atoms with van der Waals surface area (Å²) in [6.45, 7) is 0.145. The minimum absolute atomic E-state index is 0.0213. The van der Waals surface area contributed by atoms with Gasteiger partial charge in [-0.2, -0.15) is 5.10 Å². The van der Waals surface area contributed by atoms with Crippen molar-refractivity contribution in [1.29, 1.82) is 0 Å². The van der Waals surface area contributed by atoms with Crippen molar-refractivity contribution in [1.82, 2.24) is 9.99 Å². The first-order valence-electron chi connectivity index (χ1n) is 10.4. The molecule has 4 rings (SSSR count). The van der Waals surface area contributed by atoms with Crippen molar-refractivity contribution < 1.29 is 19.2 Å². The number of methoxy groups -OCH3 is 1. The van der Waals surface area contributed by atoms with Gasteiger partial charge in [0.1, 0.15) is 12.3 Å². The molecule has 0 spiro atoms. The zero-order valence-electron chi connectivity index (χ0n) is 18.6. The number of nitro groups is 1. The summed E-state index contributed by atoms with van der Waals surface area (Å²) in [6.07, 6.45) is 1.32. The Balaban J connectivity index is 1.54. The maximum Gasteiger partial charge on any atom is 0.315 e. The van der Waals surface area contributed by atoms with Gasteiger partial charge >= 0.3 is 5.69 Å². The van der Waals surface area contributed by atoms with Crippen LogP contribution >= 0.6 is 0 Å². The summed E-state index contributed by atoms with van der Waals surface area (Å²) in [5.41, 5.74) is 4.78. The highest BCUT2D eigenvalue weighted by molar-refractivity contribution is 5.99. The molecule has 9 heteroatoms. The summed E-state index contributed by atoms with van der Waals surface area (Å²) in [4.78, 5) is 23.7. The molecule has 0 unspecified atom stereocenters. The van der Waals surface area contributed by atoms with Gasteiger partial charge in [-0.15, -0.1) is 0 Å². The monoisotopic (exact) mass is 458 g/mol. The number of ether oxygens (including phenoxy) is 2. The maximum atomic E-state index is 12.6. The molecule has 0 atom stereocenters. The number of rotatable bonds is 8. The molecule has 1 heterocycles. The molecule has 0 bridgehead atoms. The summed E-state index contributed by atoms with van der Waals surface area (Å²) in [7, 11) is 3.19. The summed E-state index contributed by atoms with van der Waals surface area (Å²) in [6, 6.07) is 21.6. The number of hydrogen-bond acceptors (Lipinski definition) is 6. The standard InChI is InChI=1S/C25H22N4O5/c1-28-20-11-7-6-10-19(20)14-22(28)25(30)27-26-15-18-12-21(29(31)32)24(23(13-18)33-2)34-16-17-8-4-3-5-9-17/h3-15H,16H2,1-2H3,(H,27,30)/b26-15+. The van der Waals surface area contributed by atoms with E-state index in [-0.39, 0.29) is 23.8 Å². The molecular weight excluding hydrogens is 436 g/mol. The van der Waals surface area contributed by atoms with E-state index in [4.69, 9.17) is 9.47 Å². The third-order valence-corrected chi connectivity index (χ3v) is 5.26. The van der Waals surface area contributed by atoms with Crippen molar-refractivity contribution in [2.45, 2.75) is 6.61 Å². The highest BCUT2D eigenvalue weighted by Gasteiger charge is 2.22. The lowest BCUT2D eigenvalue weighted by molar-refractivity contribution is -0.386. The van der Waals surface area contributed by atoms with Crippen molar-refractivity contribution in [3.8, 4) is 11.5 Å². The Hall–Kier alpha value is -4.66. The lowest BCUT2D eigenvalue weighted by atomic mass is 10.1. The van der Waals surface area contributed by atoms with Gasteiger partial charge in [-0.05, 0) is 23.8 Å². The first kappa shape index (κ1) is 22.5. The number of amides is 1. The smallest absolute Gasteiger partial charge is 0.315 e. The molecule has 0 saturated heterocycles. The van der Waals surface area contributed by atoms with Gasteiger partial charge in [-0.25, -0.2) is 5.43 Å². The summed E-state index contributed by atoms with van der Waals surface area (Å²) in [5.74, 6) is -0.195. The number of fused-ring (bicyclic) bond motifs is 1. The second kappa shape index (κ2) is 9.86. The molecule has 3 aromatic carbocycles. The highest BCUT2D eigenvalue weighted by Crippen LogP contribution is 2.38. The van der Waals surface area contributed by atoms with Crippen LogP contribution < -0.4 is 14.9 Å². The average Bonchev–Trinajstić information content (AvgIpc) is 3.19. The van der Waals surface area contributed by atoms with Gasteiger partial charge in [0.2, 0.25) is 5.75 Å². The second-order valence-electron chi connectivity index (χ2n) is 7.45. The molecule has 0 aliphatic heterocycles. The fraction of sp³-hybridized carbons (Fsp3) is 0.120. The maximum absolute atomic E-state index is 12.6. The van der Waals surface area contributed by atoms with Crippen LogP contribution in [0.25, 0.3) is 10.9 Å². The normalized spacial score (nSPS) is 11.0. The number of nitro benzene ring substituents is 1. The number of carbonyl (C=O) groups excluding carboxylic acids is 1. The molecule has 34 heavy (non-hydrogen) atoms. The van der Waals surface area contributed by atoms with Crippen LogP contribution in [0, 0.1) is 10.1 Å². The second-order valence-corrected chi connectivity index (χ2v) is 7.45. The predicted molar refractivity (Wildman–Crippen MR) is 128 cm³/mol. The van der Waals surface area contributed by atoms with Gasteiger partial charge in [-0.3, -0.25) is 14.9 Å². The quantitative estimate of drug-likeness (QED) is 0.239. The molecule has 0 radical (unpaired) electrons. The van der Waals surface area contributed by atoms with Crippen LogP contribution in [-0.2, 0) is 13.7 Å². The molecule has 0 fully saturated rings. The molecule has 9 nitrogen and oxygen atoms in total. The zero-order chi connectivity index (χ0) is 24.1. The molecule has 0 aliphatic carbocycles. The Labute approximate surface area is 195 Å². The van der Waals surface area contributed by atoms with E-state index in [1.54, 1.807) is 23.7 Å². The number of nitrogens with one attached hydrogen (secondary N) is 1. The Bertz CT molecular complexity index is 1380. The minimum Gasteiger partial charge on any atom is -0.493 e. The van der Waals surface area contributed by atoms with E-state index >= 15 is 0 Å². The number of para-hydroxylation sites is 1. The van der Waals surface area contributed by atoms with Gasteiger partial charge in [0, 0.05) is 29.6 Å². The molecule has 172 valence electrons. The Kier molecular flexibility index (Phi) is 6.54. The molecule has 1 aromatic heterocycles. The molecular formula is C25H22N4O5. The topological polar surface area (TPSA) is 108 Å². The van der Waals surface area contributed by atoms with E-state index < -0.39 is 10.8 Å². The average molecular weight is 458 g/mol. The molecule has 1 N–H and O–H groups in total. The lowest BCUT2D eigenvalue weighted by Crippen LogP contribution is -2.20. The number of hydrogen-bond donors (Lipinski definition) is 1. The number of benzene rings is 3.